The maximum Gasteiger partial charge on any atom is 0.165 e. The number of anilines is 1. The Morgan fingerprint density at radius 1 is 1.30 bits per heavy atom. The smallest absolute Gasteiger partial charge is 0.165 e. The summed E-state index contributed by atoms with van der Waals surface area (Å²) in [5.74, 6) is 6.46. The van der Waals surface area contributed by atoms with E-state index in [1.807, 2.05) is 0 Å². The highest BCUT2D eigenvalue weighted by Gasteiger charge is 2.19. The Labute approximate surface area is 116 Å². The van der Waals surface area contributed by atoms with Crippen molar-refractivity contribution in [1.82, 2.24) is 9.97 Å². The SMILES string of the molecule is COc1cc(-c2nc3c(c(NN)n2)CCC3)ccc1F. The summed E-state index contributed by atoms with van der Waals surface area (Å²) < 4.78 is 18.4. The van der Waals surface area contributed by atoms with Crippen LogP contribution in [0.4, 0.5) is 10.2 Å². The van der Waals surface area contributed by atoms with Crippen LogP contribution < -0.4 is 16.0 Å². The normalized spacial score (nSPS) is 13.2. The lowest BCUT2D eigenvalue weighted by atomic mass is 10.1. The fourth-order valence-electron chi connectivity index (χ4n) is 2.48. The molecule has 0 fully saturated rings. The van der Waals surface area contributed by atoms with Crippen LogP contribution in [0.3, 0.4) is 0 Å². The van der Waals surface area contributed by atoms with Gasteiger partial charge in [-0.3, -0.25) is 0 Å². The number of hydrogen-bond donors (Lipinski definition) is 2. The van der Waals surface area contributed by atoms with Gasteiger partial charge in [-0.25, -0.2) is 20.2 Å². The van der Waals surface area contributed by atoms with Gasteiger partial charge in [0.2, 0.25) is 0 Å². The van der Waals surface area contributed by atoms with Crippen LogP contribution in [0.15, 0.2) is 18.2 Å². The first-order chi connectivity index (χ1) is 9.72. The fraction of sp³-hybridized carbons (Fsp3) is 0.286. The number of aromatic nitrogens is 2. The van der Waals surface area contributed by atoms with Crippen LogP contribution in [-0.2, 0) is 12.8 Å². The average Bonchev–Trinajstić information content (AvgIpc) is 2.95. The fourth-order valence-corrected chi connectivity index (χ4v) is 2.48. The third-order valence-electron chi connectivity index (χ3n) is 3.48. The number of benzene rings is 1. The molecule has 1 aromatic heterocycles. The van der Waals surface area contributed by atoms with Gasteiger partial charge < -0.3 is 10.2 Å². The van der Waals surface area contributed by atoms with E-state index in [2.05, 4.69) is 15.4 Å². The van der Waals surface area contributed by atoms with E-state index in [9.17, 15) is 4.39 Å². The molecule has 0 saturated heterocycles. The molecule has 5 nitrogen and oxygen atoms in total. The first-order valence-electron chi connectivity index (χ1n) is 6.43. The van der Waals surface area contributed by atoms with Crippen molar-refractivity contribution in [2.24, 2.45) is 5.84 Å². The first kappa shape index (κ1) is 12.8. The highest BCUT2D eigenvalue weighted by molar-refractivity contribution is 5.62. The van der Waals surface area contributed by atoms with E-state index in [4.69, 9.17) is 10.6 Å². The molecule has 0 spiro atoms. The molecular weight excluding hydrogens is 259 g/mol. The van der Waals surface area contributed by atoms with Gasteiger partial charge in [0.25, 0.3) is 0 Å². The monoisotopic (exact) mass is 274 g/mol. The Kier molecular flexibility index (Phi) is 3.23. The number of nitrogens with two attached hydrogens (primary N) is 1. The molecule has 3 N–H and O–H groups in total. The third-order valence-corrected chi connectivity index (χ3v) is 3.48. The number of fused-ring (bicyclic) bond motifs is 1. The van der Waals surface area contributed by atoms with Gasteiger partial charge in [0.15, 0.2) is 17.4 Å². The molecule has 104 valence electrons. The maximum atomic E-state index is 13.5. The number of ether oxygens (including phenoxy) is 1. The molecule has 0 radical (unpaired) electrons. The number of halogens is 1. The second-order valence-electron chi connectivity index (χ2n) is 4.67. The van der Waals surface area contributed by atoms with Crippen LogP contribution in [0.5, 0.6) is 5.75 Å². The number of hydrazine groups is 1. The van der Waals surface area contributed by atoms with Crippen LogP contribution >= 0.6 is 0 Å². The van der Waals surface area contributed by atoms with E-state index in [-0.39, 0.29) is 5.75 Å². The van der Waals surface area contributed by atoms with Gasteiger partial charge in [-0.15, -0.1) is 0 Å². The molecule has 2 aromatic rings. The van der Waals surface area contributed by atoms with Crippen molar-refractivity contribution in [2.75, 3.05) is 12.5 Å². The molecule has 0 saturated carbocycles. The van der Waals surface area contributed by atoms with Crippen molar-refractivity contribution >= 4 is 5.82 Å². The van der Waals surface area contributed by atoms with Crippen molar-refractivity contribution < 1.29 is 9.13 Å². The molecule has 0 aliphatic heterocycles. The molecule has 1 aliphatic rings. The van der Waals surface area contributed by atoms with Crippen LogP contribution in [0.25, 0.3) is 11.4 Å². The topological polar surface area (TPSA) is 73.1 Å². The van der Waals surface area contributed by atoms with Crippen molar-refractivity contribution in [1.29, 1.82) is 0 Å². The third kappa shape index (κ3) is 2.08. The highest BCUT2D eigenvalue weighted by Crippen LogP contribution is 2.30. The Morgan fingerprint density at radius 2 is 2.15 bits per heavy atom. The Morgan fingerprint density at radius 3 is 2.90 bits per heavy atom. The van der Waals surface area contributed by atoms with Crippen molar-refractivity contribution in [2.45, 2.75) is 19.3 Å². The predicted molar refractivity (Wildman–Crippen MR) is 73.8 cm³/mol. The summed E-state index contributed by atoms with van der Waals surface area (Å²) in [6.45, 7) is 0. The van der Waals surface area contributed by atoms with E-state index in [0.717, 1.165) is 30.5 Å². The van der Waals surface area contributed by atoms with Crippen LogP contribution in [-0.4, -0.2) is 17.1 Å². The summed E-state index contributed by atoms with van der Waals surface area (Å²) >= 11 is 0. The van der Waals surface area contributed by atoms with Crippen LogP contribution in [0, 0.1) is 5.82 Å². The standard InChI is InChI=1S/C14H15FN4O/c1-20-12-7-8(5-6-10(12)15)13-17-11-4-2-3-9(11)14(18-13)19-16/h5-7H,2-4,16H2,1H3,(H,17,18,19). The van der Waals surface area contributed by atoms with E-state index < -0.39 is 5.82 Å². The summed E-state index contributed by atoms with van der Waals surface area (Å²) in [6, 6.07) is 4.57. The lowest BCUT2D eigenvalue weighted by Crippen LogP contribution is -2.12. The minimum atomic E-state index is -0.408. The van der Waals surface area contributed by atoms with Gasteiger partial charge >= 0.3 is 0 Å². The summed E-state index contributed by atoms with van der Waals surface area (Å²) in [7, 11) is 1.43. The van der Waals surface area contributed by atoms with E-state index in [1.165, 1.54) is 13.2 Å². The van der Waals surface area contributed by atoms with Gasteiger partial charge in [0.1, 0.15) is 5.82 Å². The number of methoxy groups -OCH3 is 1. The molecule has 0 bridgehead atoms. The zero-order valence-electron chi connectivity index (χ0n) is 11.1. The highest BCUT2D eigenvalue weighted by atomic mass is 19.1. The number of rotatable bonds is 3. The second-order valence-corrected chi connectivity index (χ2v) is 4.67. The second kappa shape index (κ2) is 5.05. The Balaban J connectivity index is 2.10. The predicted octanol–water partition coefficient (Wildman–Crippen LogP) is 2.07. The summed E-state index contributed by atoms with van der Waals surface area (Å²) in [5.41, 5.74) is 5.40. The molecule has 1 heterocycles. The van der Waals surface area contributed by atoms with Gasteiger partial charge in [-0.2, -0.15) is 0 Å². The van der Waals surface area contributed by atoms with Gasteiger partial charge in [-0.05, 0) is 37.5 Å². The van der Waals surface area contributed by atoms with Gasteiger partial charge in [-0.1, -0.05) is 0 Å². The quantitative estimate of drug-likeness (QED) is 0.662. The van der Waals surface area contributed by atoms with Gasteiger partial charge in [0.05, 0.1) is 7.11 Å². The number of nitrogens with one attached hydrogen (secondary N) is 1. The molecule has 20 heavy (non-hydrogen) atoms. The van der Waals surface area contributed by atoms with Crippen molar-refractivity contribution in [3.8, 4) is 17.1 Å². The molecule has 1 aliphatic carbocycles. The lowest BCUT2D eigenvalue weighted by molar-refractivity contribution is 0.387. The maximum absolute atomic E-state index is 13.5. The van der Waals surface area contributed by atoms with Crippen molar-refractivity contribution in [3.63, 3.8) is 0 Å². The van der Waals surface area contributed by atoms with E-state index >= 15 is 0 Å². The van der Waals surface area contributed by atoms with E-state index in [0.29, 0.717) is 17.2 Å². The Bertz CT molecular complexity index is 660. The molecule has 6 heteroatoms. The lowest BCUT2D eigenvalue weighted by Gasteiger charge is -2.10. The van der Waals surface area contributed by atoms with Crippen LogP contribution in [0.2, 0.25) is 0 Å². The summed E-state index contributed by atoms with van der Waals surface area (Å²) in [4.78, 5) is 8.97. The summed E-state index contributed by atoms with van der Waals surface area (Å²) in [5, 5.41) is 0. The molecule has 0 atom stereocenters. The molecule has 1 aromatic carbocycles. The van der Waals surface area contributed by atoms with E-state index in [1.54, 1.807) is 12.1 Å². The largest absolute Gasteiger partial charge is 0.494 e. The van der Waals surface area contributed by atoms with Crippen molar-refractivity contribution in [3.05, 3.63) is 35.3 Å². The average molecular weight is 274 g/mol. The molecule has 0 amide bonds. The molecule has 0 unspecified atom stereocenters. The zero-order chi connectivity index (χ0) is 14.1. The molecular formula is C14H15FN4O. The minimum absolute atomic E-state index is 0.175. The van der Waals surface area contributed by atoms with Gasteiger partial charge in [0, 0.05) is 16.8 Å². The number of hydrogen-bond acceptors (Lipinski definition) is 5. The molecule has 3 rings (SSSR count). The zero-order valence-corrected chi connectivity index (χ0v) is 11.1. The minimum Gasteiger partial charge on any atom is -0.494 e. The summed E-state index contributed by atoms with van der Waals surface area (Å²) in [6.07, 6.45) is 2.90. The first-order valence-corrected chi connectivity index (χ1v) is 6.43. The Hall–Kier alpha value is -2.21. The van der Waals surface area contributed by atoms with Crippen LogP contribution in [0.1, 0.15) is 17.7 Å². The number of aryl methyl sites for hydroxylation is 1. The number of nitrogens with zero attached hydrogens (tertiary/aromatic N) is 2. The number of nitrogen functional groups attached to an aromatic ring is 1.